The van der Waals surface area contributed by atoms with Crippen molar-refractivity contribution < 1.29 is 9.90 Å². The summed E-state index contributed by atoms with van der Waals surface area (Å²) in [5, 5.41) is 18.2. The Morgan fingerprint density at radius 1 is 1.19 bits per heavy atom. The second kappa shape index (κ2) is 5.26. The maximum absolute atomic E-state index is 11.2. The molecule has 1 aliphatic carbocycles. The standard InChI is InChI=1S/C18H13NO2/c19-11-12-3-1-5-14(9-12)16-6-2-4-13-7-8-15(18(20)21)10-17(13)16/h1,3,5-10H,2,4H2,(H,20,21). The fraction of sp³-hybridized carbons (Fsp3) is 0.111. The monoisotopic (exact) mass is 275 g/mol. The molecule has 0 aliphatic heterocycles. The van der Waals surface area contributed by atoms with Gasteiger partial charge in [-0.2, -0.15) is 5.26 Å². The van der Waals surface area contributed by atoms with Gasteiger partial charge in [-0.25, -0.2) is 4.79 Å². The molecular weight excluding hydrogens is 262 g/mol. The van der Waals surface area contributed by atoms with E-state index in [1.807, 2.05) is 24.3 Å². The van der Waals surface area contributed by atoms with Crippen LogP contribution in [-0.4, -0.2) is 11.1 Å². The van der Waals surface area contributed by atoms with E-state index in [2.05, 4.69) is 12.1 Å². The van der Waals surface area contributed by atoms with Gasteiger partial charge in [-0.1, -0.05) is 24.3 Å². The third-order valence-corrected chi connectivity index (χ3v) is 3.71. The first-order valence-corrected chi connectivity index (χ1v) is 6.76. The van der Waals surface area contributed by atoms with Gasteiger partial charge in [0.2, 0.25) is 0 Å². The van der Waals surface area contributed by atoms with E-state index in [0.717, 1.165) is 35.1 Å². The largest absolute Gasteiger partial charge is 0.478 e. The number of carboxylic acid groups (broad SMARTS) is 1. The number of aromatic carboxylic acids is 1. The zero-order valence-corrected chi connectivity index (χ0v) is 11.3. The number of hydrogen-bond donors (Lipinski definition) is 1. The predicted molar refractivity (Wildman–Crippen MR) is 80.0 cm³/mol. The van der Waals surface area contributed by atoms with Crippen molar-refractivity contribution in [3.63, 3.8) is 0 Å². The number of aryl methyl sites for hydroxylation is 1. The van der Waals surface area contributed by atoms with Crippen molar-refractivity contribution >= 4 is 11.5 Å². The Morgan fingerprint density at radius 3 is 2.81 bits per heavy atom. The first kappa shape index (κ1) is 13.1. The molecular formula is C18H13NO2. The minimum atomic E-state index is -0.923. The Balaban J connectivity index is 2.13. The van der Waals surface area contributed by atoms with Crippen LogP contribution < -0.4 is 0 Å². The number of carboxylic acids is 1. The Kier molecular flexibility index (Phi) is 3.29. The molecule has 0 radical (unpaired) electrons. The number of benzene rings is 2. The van der Waals surface area contributed by atoms with Crippen LogP contribution in [0.3, 0.4) is 0 Å². The zero-order chi connectivity index (χ0) is 14.8. The van der Waals surface area contributed by atoms with Crippen LogP contribution in [0.25, 0.3) is 5.57 Å². The van der Waals surface area contributed by atoms with Gasteiger partial charge in [0.15, 0.2) is 0 Å². The molecule has 0 unspecified atom stereocenters. The topological polar surface area (TPSA) is 61.1 Å². The third kappa shape index (κ3) is 2.44. The lowest BCUT2D eigenvalue weighted by molar-refractivity contribution is 0.0697. The van der Waals surface area contributed by atoms with Crippen LogP contribution in [0.2, 0.25) is 0 Å². The van der Waals surface area contributed by atoms with Crippen LogP contribution in [0.15, 0.2) is 48.5 Å². The van der Waals surface area contributed by atoms with Crippen molar-refractivity contribution in [1.82, 2.24) is 0 Å². The molecule has 0 saturated heterocycles. The fourth-order valence-corrected chi connectivity index (χ4v) is 2.69. The van der Waals surface area contributed by atoms with Gasteiger partial charge in [0, 0.05) is 0 Å². The summed E-state index contributed by atoms with van der Waals surface area (Å²) in [6, 6.07) is 14.8. The van der Waals surface area contributed by atoms with E-state index in [1.54, 1.807) is 18.2 Å². The van der Waals surface area contributed by atoms with E-state index in [1.165, 1.54) is 0 Å². The number of carbonyl (C=O) groups is 1. The lowest BCUT2D eigenvalue weighted by Crippen LogP contribution is -2.05. The Hall–Kier alpha value is -2.86. The van der Waals surface area contributed by atoms with Gasteiger partial charge in [0.1, 0.15) is 0 Å². The van der Waals surface area contributed by atoms with E-state index < -0.39 is 5.97 Å². The highest BCUT2D eigenvalue weighted by Crippen LogP contribution is 2.32. The van der Waals surface area contributed by atoms with E-state index in [-0.39, 0.29) is 5.56 Å². The number of fused-ring (bicyclic) bond motifs is 1. The van der Waals surface area contributed by atoms with Crippen molar-refractivity contribution in [2.45, 2.75) is 12.8 Å². The van der Waals surface area contributed by atoms with Gasteiger partial charge in [0.25, 0.3) is 0 Å². The van der Waals surface area contributed by atoms with Crippen LogP contribution in [0.5, 0.6) is 0 Å². The molecule has 1 N–H and O–H groups in total. The van der Waals surface area contributed by atoms with Gasteiger partial charge in [-0.3, -0.25) is 0 Å². The minimum absolute atomic E-state index is 0.290. The molecule has 0 aromatic heterocycles. The highest BCUT2D eigenvalue weighted by atomic mass is 16.4. The molecule has 0 heterocycles. The van der Waals surface area contributed by atoms with Gasteiger partial charge >= 0.3 is 5.97 Å². The maximum atomic E-state index is 11.2. The fourth-order valence-electron chi connectivity index (χ4n) is 2.69. The summed E-state index contributed by atoms with van der Waals surface area (Å²) in [6.07, 6.45) is 3.95. The number of nitrogens with zero attached hydrogens (tertiary/aromatic N) is 1. The summed E-state index contributed by atoms with van der Waals surface area (Å²) in [6.45, 7) is 0. The molecule has 0 saturated carbocycles. The SMILES string of the molecule is N#Cc1cccc(C2=CCCc3ccc(C(=O)O)cc32)c1. The number of nitriles is 1. The molecule has 0 bridgehead atoms. The minimum Gasteiger partial charge on any atom is -0.478 e. The van der Waals surface area contributed by atoms with Crippen molar-refractivity contribution in [2.24, 2.45) is 0 Å². The molecule has 2 aromatic rings. The van der Waals surface area contributed by atoms with E-state index in [0.29, 0.717) is 5.56 Å². The lowest BCUT2D eigenvalue weighted by atomic mass is 9.85. The average Bonchev–Trinajstić information content (AvgIpc) is 2.53. The first-order valence-electron chi connectivity index (χ1n) is 6.76. The maximum Gasteiger partial charge on any atom is 0.335 e. The van der Waals surface area contributed by atoms with Crippen LogP contribution in [0.1, 0.15) is 39.0 Å². The smallest absolute Gasteiger partial charge is 0.335 e. The van der Waals surface area contributed by atoms with Crippen molar-refractivity contribution in [3.8, 4) is 6.07 Å². The molecule has 2 aromatic carbocycles. The van der Waals surface area contributed by atoms with Crippen molar-refractivity contribution in [3.05, 3.63) is 76.4 Å². The van der Waals surface area contributed by atoms with Gasteiger partial charge < -0.3 is 5.11 Å². The zero-order valence-electron chi connectivity index (χ0n) is 11.3. The second-order valence-corrected chi connectivity index (χ2v) is 5.03. The van der Waals surface area contributed by atoms with Gasteiger partial charge in [-0.05, 0) is 59.4 Å². The molecule has 0 spiro atoms. The first-order chi connectivity index (χ1) is 10.2. The number of hydrogen-bond acceptors (Lipinski definition) is 2. The molecule has 0 fully saturated rings. The summed E-state index contributed by atoms with van der Waals surface area (Å²) in [5.74, 6) is -0.923. The third-order valence-electron chi connectivity index (χ3n) is 3.71. The van der Waals surface area contributed by atoms with Gasteiger partial charge in [-0.15, -0.1) is 0 Å². The van der Waals surface area contributed by atoms with E-state index >= 15 is 0 Å². The van der Waals surface area contributed by atoms with Crippen molar-refractivity contribution in [1.29, 1.82) is 5.26 Å². The molecule has 0 atom stereocenters. The van der Waals surface area contributed by atoms with Crippen LogP contribution in [0, 0.1) is 11.3 Å². The predicted octanol–water partition coefficient (Wildman–Crippen LogP) is 3.63. The molecule has 0 amide bonds. The Morgan fingerprint density at radius 2 is 2.05 bits per heavy atom. The summed E-state index contributed by atoms with van der Waals surface area (Å²) < 4.78 is 0. The molecule has 102 valence electrons. The van der Waals surface area contributed by atoms with Crippen LogP contribution >= 0.6 is 0 Å². The number of rotatable bonds is 2. The highest BCUT2D eigenvalue weighted by Gasteiger charge is 2.16. The molecule has 3 heteroatoms. The normalized spacial score (nSPS) is 13.0. The highest BCUT2D eigenvalue weighted by molar-refractivity contribution is 5.91. The quantitative estimate of drug-likeness (QED) is 0.910. The summed E-state index contributed by atoms with van der Waals surface area (Å²) in [7, 11) is 0. The van der Waals surface area contributed by atoms with Crippen LogP contribution in [-0.2, 0) is 6.42 Å². The molecule has 3 nitrogen and oxygen atoms in total. The lowest BCUT2D eigenvalue weighted by Gasteiger charge is -2.19. The number of allylic oxidation sites excluding steroid dienone is 1. The van der Waals surface area contributed by atoms with Gasteiger partial charge in [0.05, 0.1) is 17.2 Å². The summed E-state index contributed by atoms with van der Waals surface area (Å²) in [5.41, 5.74) is 4.97. The molecule has 21 heavy (non-hydrogen) atoms. The van der Waals surface area contributed by atoms with Crippen molar-refractivity contribution in [2.75, 3.05) is 0 Å². The Bertz CT molecular complexity index is 797. The van der Waals surface area contributed by atoms with E-state index in [4.69, 9.17) is 10.4 Å². The van der Waals surface area contributed by atoms with E-state index in [9.17, 15) is 4.79 Å². The summed E-state index contributed by atoms with van der Waals surface area (Å²) >= 11 is 0. The second-order valence-electron chi connectivity index (χ2n) is 5.03. The average molecular weight is 275 g/mol. The summed E-state index contributed by atoms with van der Waals surface area (Å²) in [4.78, 5) is 11.2. The molecule has 3 rings (SSSR count). The van der Waals surface area contributed by atoms with Crippen LogP contribution in [0.4, 0.5) is 0 Å². The Labute approximate surface area is 122 Å². The molecule has 1 aliphatic rings.